The number of nitrogens with one attached hydrogen (secondary N) is 2. The summed E-state index contributed by atoms with van der Waals surface area (Å²) in [5, 5.41) is 8.13. The van der Waals surface area contributed by atoms with Crippen LogP contribution in [0.25, 0.3) is 22.3 Å². The second-order valence-electron chi connectivity index (χ2n) is 6.95. The van der Waals surface area contributed by atoms with Gasteiger partial charge in [-0.15, -0.1) is 0 Å². The fourth-order valence-electron chi connectivity index (χ4n) is 3.66. The topological polar surface area (TPSA) is 34.0 Å². The molecule has 0 saturated carbocycles. The Labute approximate surface area is 175 Å². The summed E-state index contributed by atoms with van der Waals surface area (Å²) in [6, 6.07) is 16.3. The van der Waals surface area contributed by atoms with E-state index in [1.54, 1.807) is 0 Å². The summed E-state index contributed by atoms with van der Waals surface area (Å²) < 4.78 is 0. The molecule has 2 N–H and O–H groups in total. The van der Waals surface area contributed by atoms with Crippen LogP contribution in [0, 0.1) is 0 Å². The van der Waals surface area contributed by atoms with Crippen molar-refractivity contribution < 1.29 is 0 Å². The van der Waals surface area contributed by atoms with Gasteiger partial charge in [0.25, 0.3) is 0 Å². The predicted octanol–water partition coefficient (Wildman–Crippen LogP) is 7.81. The molecule has 0 radical (unpaired) electrons. The molecular weight excluding hydrogens is 395 g/mol. The third-order valence-electron chi connectivity index (χ3n) is 4.82. The van der Waals surface area contributed by atoms with Crippen molar-refractivity contribution in [1.29, 1.82) is 0 Å². The van der Waals surface area contributed by atoms with Crippen molar-refractivity contribution in [1.82, 2.24) is 0 Å². The van der Waals surface area contributed by atoms with Crippen LogP contribution in [0.2, 0.25) is 10.0 Å². The average molecular weight is 415 g/mol. The van der Waals surface area contributed by atoms with Crippen molar-refractivity contribution in [3.8, 4) is 22.3 Å². The van der Waals surface area contributed by atoms with Crippen molar-refractivity contribution >= 4 is 52.9 Å². The maximum absolute atomic E-state index is 6.34. The van der Waals surface area contributed by atoms with E-state index in [1.165, 1.54) is 22.4 Å². The smallest absolute Gasteiger partial charge is 0.0704 e. The highest BCUT2D eigenvalue weighted by molar-refractivity contribution is 7.80. The number of benzene rings is 3. The molecule has 3 aromatic rings. The van der Waals surface area contributed by atoms with Crippen molar-refractivity contribution in [2.45, 2.75) is 19.8 Å². The van der Waals surface area contributed by atoms with Gasteiger partial charge in [0.15, 0.2) is 0 Å². The van der Waals surface area contributed by atoms with Crippen LogP contribution in [-0.2, 0) is 0 Å². The third kappa shape index (κ3) is 3.52. The molecule has 4 rings (SSSR count). The van der Waals surface area contributed by atoms with Gasteiger partial charge in [-0.1, -0.05) is 55.2 Å². The minimum absolute atomic E-state index is 0.326. The molecule has 0 aromatic heterocycles. The van der Waals surface area contributed by atoms with Gasteiger partial charge in [0.05, 0.1) is 17.3 Å². The Kier molecular flexibility index (Phi) is 5.02. The molecule has 0 unspecified atom stereocenters. The van der Waals surface area contributed by atoms with E-state index in [0.29, 0.717) is 16.8 Å². The van der Waals surface area contributed by atoms with Crippen LogP contribution in [0.3, 0.4) is 0 Å². The summed E-state index contributed by atoms with van der Waals surface area (Å²) in [5.74, 6) is 0.879. The molecular formula is C22H20Cl2N2S. The Bertz CT molecular complexity index is 1030. The van der Waals surface area contributed by atoms with Crippen LogP contribution in [0.1, 0.15) is 25.3 Å². The zero-order valence-electron chi connectivity index (χ0n) is 15.1. The predicted molar refractivity (Wildman–Crippen MR) is 122 cm³/mol. The summed E-state index contributed by atoms with van der Waals surface area (Å²) in [4.78, 5) is 0. The maximum atomic E-state index is 6.34. The van der Waals surface area contributed by atoms with Gasteiger partial charge >= 0.3 is 0 Å². The molecule has 0 aliphatic carbocycles. The molecule has 1 aliphatic rings. The summed E-state index contributed by atoms with van der Waals surface area (Å²) in [6.07, 6.45) is 0. The monoisotopic (exact) mass is 414 g/mol. The number of anilines is 3. The quantitative estimate of drug-likeness (QED) is 0.177. The van der Waals surface area contributed by atoms with Gasteiger partial charge in [0, 0.05) is 26.9 Å². The molecule has 2 nitrogen and oxygen atoms in total. The molecule has 5 heteroatoms. The van der Waals surface area contributed by atoms with Crippen LogP contribution in [0.15, 0.2) is 48.5 Å². The van der Waals surface area contributed by atoms with Crippen LogP contribution in [0.4, 0.5) is 17.1 Å². The standard InChI is InChI=1S/C22H20Cl2N2S/c1-12(2)21-15(17-8-13(23)6-7-19(17)25-11-27)4-3-5-16(21)18-9-14(24)10-20-22(18)26-20/h3-10,12,25-27H,11H2,1-2H3. The van der Waals surface area contributed by atoms with Crippen LogP contribution in [-0.4, -0.2) is 5.88 Å². The summed E-state index contributed by atoms with van der Waals surface area (Å²) in [6.45, 7) is 4.43. The normalized spacial score (nSPS) is 11.9. The number of thiol groups is 1. The molecule has 0 spiro atoms. The van der Waals surface area contributed by atoms with Crippen molar-refractivity contribution in [2.75, 3.05) is 16.5 Å². The lowest BCUT2D eigenvalue weighted by Gasteiger charge is -2.21. The number of halogens is 2. The van der Waals surface area contributed by atoms with Crippen LogP contribution >= 0.6 is 35.8 Å². The second kappa shape index (κ2) is 7.31. The van der Waals surface area contributed by atoms with E-state index >= 15 is 0 Å². The zero-order chi connectivity index (χ0) is 19.1. The van der Waals surface area contributed by atoms with Crippen molar-refractivity contribution in [2.24, 2.45) is 0 Å². The Hall–Kier alpha value is -1.81. The molecule has 0 amide bonds. The Morgan fingerprint density at radius 2 is 1.63 bits per heavy atom. The minimum Gasteiger partial charge on any atom is -0.376 e. The van der Waals surface area contributed by atoms with Gasteiger partial charge in [-0.3, -0.25) is 0 Å². The minimum atomic E-state index is 0.326. The van der Waals surface area contributed by atoms with Gasteiger partial charge in [0.2, 0.25) is 0 Å². The SMILES string of the molecule is CC(C)c1c(-c2cc(Cl)ccc2NCS)cccc1-c1cc(Cl)cc2c1N2. The lowest BCUT2D eigenvalue weighted by atomic mass is 9.85. The average Bonchev–Trinajstić information content (AvgIpc) is 3.41. The highest BCUT2D eigenvalue weighted by Gasteiger charge is 2.25. The van der Waals surface area contributed by atoms with Gasteiger partial charge < -0.3 is 10.6 Å². The Morgan fingerprint density at radius 1 is 0.926 bits per heavy atom. The van der Waals surface area contributed by atoms with Gasteiger partial charge in [-0.25, -0.2) is 0 Å². The molecule has 138 valence electrons. The van der Waals surface area contributed by atoms with E-state index in [4.69, 9.17) is 23.2 Å². The largest absolute Gasteiger partial charge is 0.376 e. The molecule has 0 saturated heterocycles. The molecule has 27 heavy (non-hydrogen) atoms. The first-order chi connectivity index (χ1) is 13.0. The molecule has 0 fully saturated rings. The second-order valence-corrected chi connectivity index (χ2v) is 8.14. The summed E-state index contributed by atoms with van der Waals surface area (Å²) in [7, 11) is 0. The molecule has 0 bridgehead atoms. The molecule has 1 heterocycles. The van der Waals surface area contributed by atoms with Crippen LogP contribution < -0.4 is 10.6 Å². The van der Waals surface area contributed by atoms with Gasteiger partial charge in [-0.2, -0.15) is 12.6 Å². The van der Waals surface area contributed by atoms with E-state index in [-0.39, 0.29) is 0 Å². The first-order valence-electron chi connectivity index (χ1n) is 8.88. The first-order valence-corrected chi connectivity index (χ1v) is 10.3. The van der Waals surface area contributed by atoms with E-state index in [1.807, 2.05) is 30.3 Å². The number of hydrogen-bond donors (Lipinski definition) is 3. The van der Waals surface area contributed by atoms with Gasteiger partial charge in [-0.05, 0) is 52.9 Å². The Balaban J connectivity index is 1.97. The Morgan fingerprint density at radius 3 is 2.33 bits per heavy atom. The number of rotatable bonds is 5. The van der Waals surface area contributed by atoms with E-state index < -0.39 is 0 Å². The van der Waals surface area contributed by atoms with E-state index in [2.05, 4.69) is 55.3 Å². The fraction of sp³-hybridized carbons (Fsp3) is 0.182. The van der Waals surface area contributed by atoms with Crippen LogP contribution in [0.5, 0.6) is 0 Å². The van der Waals surface area contributed by atoms with E-state index in [9.17, 15) is 0 Å². The molecule has 0 atom stereocenters. The number of fused-ring (bicyclic) bond motifs is 1. The fourth-order valence-corrected chi connectivity index (χ4v) is 4.22. The maximum Gasteiger partial charge on any atom is 0.0704 e. The first kappa shape index (κ1) is 18.5. The highest BCUT2D eigenvalue weighted by atomic mass is 35.5. The molecule has 1 aliphatic heterocycles. The van der Waals surface area contributed by atoms with Crippen molar-refractivity contribution in [3.63, 3.8) is 0 Å². The summed E-state index contributed by atoms with van der Waals surface area (Å²) in [5.41, 5.74) is 9.17. The zero-order valence-corrected chi connectivity index (χ0v) is 17.5. The van der Waals surface area contributed by atoms with Gasteiger partial charge in [0.1, 0.15) is 0 Å². The molecule has 3 aromatic carbocycles. The third-order valence-corrected chi connectivity index (χ3v) is 5.43. The van der Waals surface area contributed by atoms with E-state index in [0.717, 1.165) is 27.5 Å². The highest BCUT2D eigenvalue weighted by Crippen LogP contribution is 2.51. The summed E-state index contributed by atoms with van der Waals surface area (Å²) >= 11 is 17.0. The lowest BCUT2D eigenvalue weighted by molar-refractivity contribution is 0.871. The van der Waals surface area contributed by atoms with Crippen molar-refractivity contribution in [3.05, 3.63) is 64.1 Å². The number of hydrogen-bond acceptors (Lipinski definition) is 3. The lowest BCUT2D eigenvalue weighted by Crippen LogP contribution is -2.01.